The van der Waals surface area contributed by atoms with Gasteiger partial charge in [-0.3, -0.25) is 9.59 Å². The van der Waals surface area contributed by atoms with Crippen LogP contribution in [0.25, 0.3) is 11.1 Å². The van der Waals surface area contributed by atoms with Gasteiger partial charge in [0.15, 0.2) is 0 Å². The average molecular weight is 517 g/mol. The number of rotatable bonds is 5. The van der Waals surface area contributed by atoms with Crippen molar-refractivity contribution in [2.75, 3.05) is 31.1 Å². The fourth-order valence-electron chi connectivity index (χ4n) is 4.19. The Morgan fingerprint density at radius 2 is 1.58 bits per heavy atom. The number of ether oxygens (including phenoxy) is 1. The van der Waals surface area contributed by atoms with Crippen LogP contribution in [-0.2, 0) is 20.5 Å². The first-order chi connectivity index (χ1) is 17.1. The lowest BCUT2D eigenvalue weighted by atomic mass is 10.0. The highest BCUT2D eigenvalue weighted by atomic mass is 35.5. The predicted molar refractivity (Wildman–Crippen MR) is 132 cm³/mol. The molecule has 188 valence electrons. The van der Waals surface area contributed by atoms with Gasteiger partial charge in [-0.2, -0.15) is 13.2 Å². The molecule has 0 spiro atoms. The van der Waals surface area contributed by atoms with Gasteiger partial charge in [0, 0.05) is 54.9 Å². The van der Waals surface area contributed by atoms with Crippen molar-refractivity contribution in [3.8, 4) is 11.1 Å². The zero-order chi connectivity index (χ0) is 25.9. The topological polar surface area (TPSA) is 49.9 Å². The minimum absolute atomic E-state index is 0.282. The smallest absolute Gasteiger partial charge is 0.416 e. The second-order valence-corrected chi connectivity index (χ2v) is 8.86. The summed E-state index contributed by atoms with van der Waals surface area (Å²) in [6.45, 7) is 2.51. The highest BCUT2D eigenvalue weighted by Crippen LogP contribution is 2.33. The molecule has 0 bridgehead atoms. The quantitative estimate of drug-likeness (QED) is 0.392. The fourth-order valence-corrected chi connectivity index (χ4v) is 4.43. The SMILES string of the molecule is CC(=O)OC(C(=O)N1CCN(c2cccc(C(F)(F)F)c2)CC1)c1ccc(-c2ccccc2Cl)cc1. The number of esters is 1. The Balaban J connectivity index is 1.48. The molecule has 5 nitrogen and oxygen atoms in total. The molecule has 1 amide bonds. The summed E-state index contributed by atoms with van der Waals surface area (Å²) < 4.78 is 44.6. The Kier molecular flexibility index (Phi) is 7.54. The third-order valence-corrected chi connectivity index (χ3v) is 6.37. The first-order valence-corrected chi connectivity index (χ1v) is 11.7. The zero-order valence-corrected chi connectivity index (χ0v) is 20.2. The Labute approximate surface area is 212 Å². The van der Waals surface area contributed by atoms with Crippen molar-refractivity contribution in [1.29, 1.82) is 0 Å². The molecule has 1 unspecified atom stereocenters. The van der Waals surface area contributed by atoms with Gasteiger partial charge in [0.25, 0.3) is 5.91 Å². The van der Waals surface area contributed by atoms with Crippen molar-refractivity contribution in [3.63, 3.8) is 0 Å². The minimum Gasteiger partial charge on any atom is -0.447 e. The molecule has 4 rings (SSSR count). The first kappa shape index (κ1) is 25.6. The molecule has 36 heavy (non-hydrogen) atoms. The Hall–Kier alpha value is -3.52. The summed E-state index contributed by atoms with van der Waals surface area (Å²) in [6.07, 6.45) is -5.55. The maximum Gasteiger partial charge on any atom is 0.416 e. The maximum absolute atomic E-state index is 13.3. The summed E-state index contributed by atoms with van der Waals surface area (Å²) >= 11 is 6.28. The van der Waals surface area contributed by atoms with Crippen molar-refractivity contribution < 1.29 is 27.5 Å². The van der Waals surface area contributed by atoms with E-state index in [2.05, 4.69) is 0 Å². The van der Waals surface area contributed by atoms with Crippen molar-refractivity contribution in [2.45, 2.75) is 19.2 Å². The van der Waals surface area contributed by atoms with Gasteiger partial charge in [-0.1, -0.05) is 60.1 Å². The summed E-state index contributed by atoms with van der Waals surface area (Å²) in [5, 5.41) is 0.594. The number of anilines is 1. The van der Waals surface area contributed by atoms with Gasteiger partial charge >= 0.3 is 12.1 Å². The Morgan fingerprint density at radius 1 is 0.917 bits per heavy atom. The molecule has 1 saturated heterocycles. The van der Waals surface area contributed by atoms with Gasteiger partial charge in [-0.15, -0.1) is 0 Å². The van der Waals surface area contributed by atoms with Crippen LogP contribution < -0.4 is 4.90 Å². The number of alkyl halides is 3. The number of carbonyl (C=O) groups excluding carboxylic acids is 2. The highest BCUT2D eigenvalue weighted by Gasteiger charge is 2.33. The lowest BCUT2D eigenvalue weighted by Gasteiger charge is -2.37. The second-order valence-electron chi connectivity index (χ2n) is 8.45. The average Bonchev–Trinajstić information content (AvgIpc) is 2.87. The predicted octanol–water partition coefficient (Wildman–Crippen LogP) is 5.98. The lowest BCUT2D eigenvalue weighted by molar-refractivity contribution is -0.159. The van der Waals surface area contributed by atoms with Crippen molar-refractivity contribution >= 4 is 29.2 Å². The van der Waals surface area contributed by atoms with Gasteiger partial charge in [-0.05, 0) is 29.8 Å². The monoisotopic (exact) mass is 516 g/mol. The van der Waals surface area contributed by atoms with E-state index in [1.165, 1.54) is 13.0 Å². The number of piperazine rings is 1. The minimum atomic E-state index is -4.42. The van der Waals surface area contributed by atoms with Crippen molar-refractivity contribution in [2.24, 2.45) is 0 Å². The van der Waals surface area contributed by atoms with E-state index < -0.39 is 23.8 Å². The number of halogens is 4. The molecule has 1 aliphatic heterocycles. The standard InChI is InChI=1S/C27H24ClF3N2O3/c1-18(34)36-25(20-11-9-19(10-12-20)23-7-2-3-8-24(23)28)26(35)33-15-13-32(14-16-33)22-6-4-5-21(17-22)27(29,30)31/h2-12,17,25H,13-16H2,1H3. The fraction of sp³-hybridized carbons (Fsp3) is 0.259. The Bertz CT molecular complexity index is 1240. The van der Waals surface area contributed by atoms with Crippen LogP contribution in [0.3, 0.4) is 0 Å². The van der Waals surface area contributed by atoms with Crippen molar-refractivity contribution in [3.05, 3.63) is 88.9 Å². The number of benzene rings is 3. The van der Waals surface area contributed by atoms with Crippen LogP contribution in [0.1, 0.15) is 24.2 Å². The molecule has 0 saturated carbocycles. The van der Waals surface area contributed by atoms with E-state index in [0.29, 0.717) is 29.4 Å². The van der Waals surface area contributed by atoms with Crippen LogP contribution in [0.5, 0.6) is 0 Å². The van der Waals surface area contributed by atoms with Crippen LogP contribution in [0.15, 0.2) is 72.8 Å². The molecule has 0 aromatic heterocycles. The normalized spacial score (nSPS) is 14.9. The summed E-state index contributed by atoms with van der Waals surface area (Å²) in [7, 11) is 0. The summed E-state index contributed by atoms with van der Waals surface area (Å²) in [5.74, 6) is -0.967. The van der Waals surface area contributed by atoms with E-state index in [9.17, 15) is 22.8 Å². The molecule has 0 aliphatic carbocycles. The van der Waals surface area contributed by atoms with Gasteiger partial charge in [0.1, 0.15) is 0 Å². The van der Waals surface area contributed by atoms with Gasteiger partial charge in [0.05, 0.1) is 5.56 Å². The molecule has 0 N–H and O–H groups in total. The number of amides is 1. The molecule has 1 heterocycles. The van der Waals surface area contributed by atoms with E-state index in [0.717, 1.165) is 23.3 Å². The van der Waals surface area contributed by atoms with E-state index >= 15 is 0 Å². The van der Waals surface area contributed by atoms with Gasteiger partial charge in [-0.25, -0.2) is 0 Å². The largest absolute Gasteiger partial charge is 0.447 e. The zero-order valence-electron chi connectivity index (χ0n) is 19.5. The lowest BCUT2D eigenvalue weighted by Crippen LogP contribution is -2.50. The molecule has 0 radical (unpaired) electrons. The van der Waals surface area contributed by atoms with Crippen LogP contribution in [-0.4, -0.2) is 43.0 Å². The number of carbonyl (C=O) groups is 2. The summed E-state index contributed by atoms with van der Waals surface area (Å²) in [5.41, 5.74) is 1.95. The van der Waals surface area contributed by atoms with Crippen molar-refractivity contribution in [1.82, 2.24) is 4.90 Å². The highest BCUT2D eigenvalue weighted by molar-refractivity contribution is 6.33. The number of hydrogen-bond donors (Lipinski definition) is 0. The maximum atomic E-state index is 13.3. The van der Waals surface area contributed by atoms with Crippen LogP contribution >= 0.6 is 11.6 Å². The molecule has 3 aromatic rings. The van der Waals surface area contributed by atoms with E-state index in [4.69, 9.17) is 16.3 Å². The third kappa shape index (κ3) is 5.82. The second kappa shape index (κ2) is 10.6. The Morgan fingerprint density at radius 3 is 2.19 bits per heavy atom. The third-order valence-electron chi connectivity index (χ3n) is 6.04. The number of nitrogens with zero attached hydrogens (tertiary/aromatic N) is 2. The van der Waals surface area contributed by atoms with Crippen LogP contribution in [0, 0.1) is 0 Å². The van der Waals surface area contributed by atoms with E-state index in [1.54, 1.807) is 34.1 Å². The first-order valence-electron chi connectivity index (χ1n) is 11.4. The van der Waals surface area contributed by atoms with Gasteiger partial charge < -0.3 is 14.5 Å². The molecule has 9 heteroatoms. The summed E-state index contributed by atoms with van der Waals surface area (Å²) in [4.78, 5) is 28.5. The van der Waals surface area contributed by atoms with E-state index in [1.807, 2.05) is 30.3 Å². The van der Waals surface area contributed by atoms with Gasteiger partial charge in [0.2, 0.25) is 6.10 Å². The molecule has 1 atom stereocenters. The molecule has 1 fully saturated rings. The molecular formula is C27H24ClF3N2O3. The molecule has 1 aliphatic rings. The van der Waals surface area contributed by atoms with Crippen LogP contribution in [0.4, 0.5) is 18.9 Å². The van der Waals surface area contributed by atoms with Crippen LogP contribution in [0.2, 0.25) is 5.02 Å². The molecule has 3 aromatic carbocycles. The summed E-state index contributed by atoms with van der Waals surface area (Å²) in [6, 6.07) is 19.6. The van der Waals surface area contributed by atoms with E-state index in [-0.39, 0.29) is 19.0 Å². The molecular weight excluding hydrogens is 493 g/mol. The number of hydrogen-bond acceptors (Lipinski definition) is 4.